The van der Waals surface area contributed by atoms with Crippen LogP contribution in [0, 0.1) is 17.8 Å². The Balaban J connectivity index is 2.12. The van der Waals surface area contributed by atoms with E-state index in [1.165, 1.54) is 19.3 Å². The van der Waals surface area contributed by atoms with Crippen molar-refractivity contribution in [3.63, 3.8) is 0 Å². The van der Waals surface area contributed by atoms with Crippen molar-refractivity contribution in [3.8, 4) is 0 Å². The zero-order valence-corrected chi connectivity index (χ0v) is 8.36. The van der Waals surface area contributed by atoms with Crippen LogP contribution >= 0.6 is 0 Å². The summed E-state index contributed by atoms with van der Waals surface area (Å²) in [4.78, 5) is 13.5. The molecule has 3 heteroatoms. The van der Waals surface area contributed by atoms with Crippen molar-refractivity contribution < 1.29 is 4.79 Å². The summed E-state index contributed by atoms with van der Waals surface area (Å²) in [7, 11) is 3.64. The molecule has 3 nitrogen and oxygen atoms in total. The van der Waals surface area contributed by atoms with Crippen molar-refractivity contribution in [1.29, 1.82) is 0 Å². The lowest BCUT2D eigenvalue weighted by Crippen LogP contribution is -2.44. The standard InChI is InChI=1S/C10H18N2O/c1-12(2)10(13)8-6-3-4-7(5-6)9(8)11/h6-9H,3-5,11H2,1-2H3/t6-,7+,8+,9-/m1/s1. The molecule has 0 heterocycles. The van der Waals surface area contributed by atoms with E-state index < -0.39 is 0 Å². The van der Waals surface area contributed by atoms with E-state index in [9.17, 15) is 4.79 Å². The summed E-state index contributed by atoms with van der Waals surface area (Å²) in [6.45, 7) is 0. The predicted octanol–water partition coefficient (Wildman–Crippen LogP) is 0.448. The highest BCUT2D eigenvalue weighted by atomic mass is 16.2. The first-order chi connectivity index (χ1) is 6.11. The van der Waals surface area contributed by atoms with Crippen molar-refractivity contribution in [2.24, 2.45) is 23.5 Å². The van der Waals surface area contributed by atoms with Crippen molar-refractivity contribution in [2.75, 3.05) is 14.1 Å². The summed E-state index contributed by atoms with van der Waals surface area (Å²) >= 11 is 0. The van der Waals surface area contributed by atoms with Gasteiger partial charge in [0.25, 0.3) is 0 Å². The van der Waals surface area contributed by atoms with Crippen LogP contribution in [-0.4, -0.2) is 30.9 Å². The number of hydrogen-bond donors (Lipinski definition) is 1. The molecule has 0 spiro atoms. The topological polar surface area (TPSA) is 46.3 Å². The van der Waals surface area contributed by atoms with Gasteiger partial charge in [-0.1, -0.05) is 0 Å². The molecule has 2 aliphatic rings. The Kier molecular flexibility index (Phi) is 2.06. The maximum atomic E-state index is 11.8. The number of rotatable bonds is 1. The molecular formula is C10H18N2O. The van der Waals surface area contributed by atoms with Crippen LogP contribution in [0.1, 0.15) is 19.3 Å². The van der Waals surface area contributed by atoms with Gasteiger partial charge in [0.1, 0.15) is 0 Å². The van der Waals surface area contributed by atoms with Crippen LogP contribution in [0.2, 0.25) is 0 Å². The minimum Gasteiger partial charge on any atom is -0.349 e. The fourth-order valence-electron chi connectivity index (χ4n) is 3.00. The van der Waals surface area contributed by atoms with Crippen LogP contribution < -0.4 is 5.73 Å². The minimum absolute atomic E-state index is 0.119. The van der Waals surface area contributed by atoms with Gasteiger partial charge in [0.15, 0.2) is 0 Å². The van der Waals surface area contributed by atoms with Crippen LogP contribution in [0.4, 0.5) is 0 Å². The summed E-state index contributed by atoms with van der Waals surface area (Å²) in [6.07, 6.45) is 3.64. The molecule has 0 radical (unpaired) electrons. The maximum absolute atomic E-state index is 11.8. The summed E-state index contributed by atoms with van der Waals surface area (Å²) in [5, 5.41) is 0. The van der Waals surface area contributed by atoms with E-state index in [4.69, 9.17) is 5.73 Å². The molecular weight excluding hydrogens is 164 g/mol. The van der Waals surface area contributed by atoms with Crippen molar-refractivity contribution >= 4 is 5.91 Å². The van der Waals surface area contributed by atoms with E-state index in [0.717, 1.165) is 0 Å². The summed E-state index contributed by atoms with van der Waals surface area (Å²) in [5.41, 5.74) is 6.06. The largest absolute Gasteiger partial charge is 0.349 e. The maximum Gasteiger partial charge on any atom is 0.227 e. The lowest BCUT2D eigenvalue weighted by atomic mass is 9.84. The second kappa shape index (κ2) is 2.98. The Labute approximate surface area is 79.3 Å². The Hall–Kier alpha value is -0.570. The minimum atomic E-state index is 0.119. The Bertz CT molecular complexity index is 225. The first-order valence-electron chi connectivity index (χ1n) is 5.08. The van der Waals surface area contributed by atoms with Gasteiger partial charge in [-0.25, -0.2) is 0 Å². The monoisotopic (exact) mass is 182 g/mol. The molecule has 13 heavy (non-hydrogen) atoms. The normalized spacial score (nSPS) is 42.4. The van der Waals surface area contributed by atoms with Crippen LogP contribution in [0.15, 0.2) is 0 Å². The van der Waals surface area contributed by atoms with E-state index in [-0.39, 0.29) is 17.9 Å². The van der Waals surface area contributed by atoms with E-state index >= 15 is 0 Å². The Morgan fingerprint density at radius 1 is 1.31 bits per heavy atom. The van der Waals surface area contributed by atoms with E-state index in [0.29, 0.717) is 11.8 Å². The number of amides is 1. The van der Waals surface area contributed by atoms with Crippen LogP contribution in [0.3, 0.4) is 0 Å². The quantitative estimate of drug-likeness (QED) is 0.640. The third kappa shape index (κ3) is 1.26. The third-order valence-corrected chi connectivity index (χ3v) is 3.71. The summed E-state index contributed by atoms with van der Waals surface area (Å²) in [6, 6.07) is 0.133. The third-order valence-electron chi connectivity index (χ3n) is 3.71. The van der Waals surface area contributed by atoms with E-state index in [1.54, 1.807) is 4.90 Å². The summed E-state index contributed by atoms with van der Waals surface area (Å²) < 4.78 is 0. The first kappa shape index (κ1) is 9.00. The van der Waals surface area contributed by atoms with E-state index in [2.05, 4.69) is 0 Å². The molecule has 0 aromatic carbocycles. The molecule has 0 unspecified atom stereocenters. The van der Waals surface area contributed by atoms with Crippen LogP contribution in [0.5, 0.6) is 0 Å². The Morgan fingerprint density at radius 2 is 1.92 bits per heavy atom. The van der Waals surface area contributed by atoms with Gasteiger partial charge in [-0.15, -0.1) is 0 Å². The fourth-order valence-corrected chi connectivity index (χ4v) is 3.00. The van der Waals surface area contributed by atoms with Crippen molar-refractivity contribution in [2.45, 2.75) is 25.3 Å². The molecule has 2 N–H and O–H groups in total. The van der Waals surface area contributed by atoms with Crippen molar-refractivity contribution in [3.05, 3.63) is 0 Å². The van der Waals surface area contributed by atoms with Crippen LogP contribution in [-0.2, 0) is 4.79 Å². The second-order valence-corrected chi connectivity index (χ2v) is 4.67. The number of carbonyl (C=O) groups is 1. The SMILES string of the molecule is CN(C)C(=O)[C@H]1[C@@H]2CC[C@@H](C2)[C@H]1N. The van der Waals surface area contributed by atoms with Crippen LogP contribution in [0.25, 0.3) is 0 Å². The highest BCUT2D eigenvalue weighted by Crippen LogP contribution is 2.47. The van der Waals surface area contributed by atoms with Gasteiger partial charge in [-0.2, -0.15) is 0 Å². The second-order valence-electron chi connectivity index (χ2n) is 4.67. The molecule has 2 bridgehead atoms. The average Bonchev–Trinajstić information content (AvgIpc) is 2.62. The van der Waals surface area contributed by atoms with Gasteiger partial charge >= 0.3 is 0 Å². The predicted molar refractivity (Wildman–Crippen MR) is 51.0 cm³/mol. The smallest absolute Gasteiger partial charge is 0.227 e. The molecule has 1 amide bonds. The molecule has 0 aliphatic heterocycles. The zero-order chi connectivity index (χ0) is 9.59. The molecule has 2 fully saturated rings. The Morgan fingerprint density at radius 3 is 2.38 bits per heavy atom. The first-order valence-corrected chi connectivity index (χ1v) is 5.08. The van der Waals surface area contributed by atoms with Gasteiger partial charge in [0.05, 0.1) is 5.92 Å². The molecule has 2 aliphatic carbocycles. The lowest BCUT2D eigenvalue weighted by molar-refractivity contribution is -0.135. The molecule has 0 aromatic heterocycles. The summed E-state index contributed by atoms with van der Waals surface area (Å²) in [5.74, 6) is 1.56. The van der Waals surface area contributed by atoms with Crippen molar-refractivity contribution in [1.82, 2.24) is 4.90 Å². The molecule has 0 aromatic rings. The molecule has 74 valence electrons. The molecule has 2 saturated carbocycles. The lowest BCUT2D eigenvalue weighted by Gasteiger charge is -2.29. The number of nitrogens with two attached hydrogens (primary N) is 1. The molecule has 0 saturated heterocycles. The van der Waals surface area contributed by atoms with Gasteiger partial charge in [-0.3, -0.25) is 4.79 Å². The van der Waals surface area contributed by atoms with E-state index in [1.807, 2.05) is 14.1 Å². The van der Waals surface area contributed by atoms with Gasteiger partial charge in [0.2, 0.25) is 5.91 Å². The number of fused-ring (bicyclic) bond motifs is 2. The fraction of sp³-hybridized carbons (Fsp3) is 0.900. The highest BCUT2D eigenvalue weighted by Gasteiger charge is 2.49. The molecule has 2 rings (SSSR count). The number of hydrogen-bond acceptors (Lipinski definition) is 2. The van der Waals surface area contributed by atoms with Gasteiger partial charge in [0, 0.05) is 20.1 Å². The average molecular weight is 182 g/mol. The van der Waals surface area contributed by atoms with Gasteiger partial charge in [-0.05, 0) is 31.1 Å². The highest BCUT2D eigenvalue weighted by molar-refractivity contribution is 5.80. The molecule has 4 atom stereocenters. The number of nitrogens with zero attached hydrogens (tertiary/aromatic N) is 1. The van der Waals surface area contributed by atoms with Gasteiger partial charge < -0.3 is 10.6 Å². The zero-order valence-electron chi connectivity index (χ0n) is 8.36. The number of carbonyl (C=O) groups excluding carboxylic acids is 1.